The maximum absolute atomic E-state index is 11.6. The standard InChI is InChI=1S/C21H21N3O4/c1-14(11-15(2)25)23-21(16-7-9-19(28-3)10-8-16)13-20(22-23)17-5-4-6-18(12-17)24(26)27/h4-12,21H,13H2,1-3H3/b14-11+. The fourth-order valence-corrected chi connectivity index (χ4v) is 3.25. The smallest absolute Gasteiger partial charge is 0.270 e. The van der Waals surface area contributed by atoms with E-state index in [2.05, 4.69) is 5.10 Å². The van der Waals surface area contributed by atoms with E-state index < -0.39 is 4.92 Å². The Morgan fingerprint density at radius 2 is 1.96 bits per heavy atom. The average Bonchev–Trinajstić information content (AvgIpc) is 3.13. The fraction of sp³-hybridized carbons (Fsp3) is 0.238. The molecule has 1 atom stereocenters. The van der Waals surface area contributed by atoms with E-state index in [1.807, 2.05) is 37.3 Å². The number of hydrazone groups is 1. The molecule has 0 N–H and O–H groups in total. The van der Waals surface area contributed by atoms with Gasteiger partial charge in [0.05, 0.1) is 23.8 Å². The summed E-state index contributed by atoms with van der Waals surface area (Å²) in [5.41, 5.74) is 3.19. The van der Waals surface area contributed by atoms with Crippen LogP contribution in [-0.2, 0) is 4.79 Å². The van der Waals surface area contributed by atoms with Gasteiger partial charge in [-0.25, -0.2) is 0 Å². The number of methoxy groups -OCH3 is 1. The number of nitro groups is 1. The van der Waals surface area contributed by atoms with E-state index in [1.165, 1.54) is 25.1 Å². The van der Waals surface area contributed by atoms with Crippen molar-refractivity contribution in [2.45, 2.75) is 26.3 Å². The van der Waals surface area contributed by atoms with Gasteiger partial charge in [0.2, 0.25) is 0 Å². The Bertz CT molecular complexity index is 964. The molecule has 2 aromatic carbocycles. The topological polar surface area (TPSA) is 85.0 Å². The second-order valence-electron chi connectivity index (χ2n) is 6.59. The van der Waals surface area contributed by atoms with Gasteiger partial charge in [0.25, 0.3) is 5.69 Å². The number of rotatable bonds is 6. The first kappa shape index (κ1) is 19.3. The second-order valence-corrected chi connectivity index (χ2v) is 6.59. The first-order valence-electron chi connectivity index (χ1n) is 8.83. The molecular formula is C21H21N3O4. The fourth-order valence-electron chi connectivity index (χ4n) is 3.25. The van der Waals surface area contributed by atoms with E-state index in [0.717, 1.165) is 17.0 Å². The number of allylic oxidation sites excluding steroid dienone is 2. The van der Waals surface area contributed by atoms with Crippen molar-refractivity contribution in [2.75, 3.05) is 7.11 Å². The Morgan fingerprint density at radius 3 is 2.57 bits per heavy atom. The second kappa shape index (κ2) is 8.04. The molecule has 28 heavy (non-hydrogen) atoms. The monoisotopic (exact) mass is 379 g/mol. The van der Waals surface area contributed by atoms with Crippen LogP contribution in [0.3, 0.4) is 0 Å². The summed E-state index contributed by atoms with van der Waals surface area (Å²) in [5, 5.41) is 17.6. The summed E-state index contributed by atoms with van der Waals surface area (Å²) >= 11 is 0. The first-order chi connectivity index (χ1) is 13.4. The van der Waals surface area contributed by atoms with E-state index in [-0.39, 0.29) is 17.5 Å². The Labute approximate surface area is 163 Å². The van der Waals surface area contributed by atoms with Gasteiger partial charge in [0.15, 0.2) is 5.78 Å². The highest BCUT2D eigenvalue weighted by molar-refractivity contribution is 6.02. The molecule has 1 aliphatic heterocycles. The van der Waals surface area contributed by atoms with Crippen molar-refractivity contribution in [1.29, 1.82) is 0 Å². The lowest BCUT2D eigenvalue weighted by Gasteiger charge is -2.24. The summed E-state index contributed by atoms with van der Waals surface area (Å²) in [4.78, 5) is 22.3. The predicted octanol–water partition coefficient (Wildman–Crippen LogP) is 4.25. The van der Waals surface area contributed by atoms with Crippen LogP contribution in [0.4, 0.5) is 5.69 Å². The molecule has 0 bridgehead atoms. The van der Waals surface area contributed by atoms with Gasteiger partial charge in [-0.3, -0.25) is 19.9 Å². The van der Waals surface area contributed by atoms with Gasteiger partial charge >= 0.3 is 0 Å². The van der Waals surface area contributed by atoms with Crippen LogP contribution in [0.25, 0.3) is 0 Å². The van der Waals surface area contributed by atoms with Crippen LogP contribution in [-0.4, -0.2) is 28.5 Å². The molecule has 0 spiro atoms. The lowest BCUT2D eigenvalue weighted by Crippen LogP contribution is -2.18. The molecule has 1 unspecified atom stereocenters. The summed E-state index contributed by atoms with van der Waals surface area (Å²) in [5.74, 6) is 0.689. The van der Waals surface area contributed by atoms with E-state index in [1.54, 1.807) is 18.2 Å². The molecule has 2 aromatic rings. The van der Waals surface area contributed by atoms with Crippen LogP contribution in [0.1, 0.15) is 37.4 Å². The van der Waals surface area contributed by atoms with Crippen LogP contribution in [0.2, 0.25) is 0 Å². The summed E-state index contributed by atoms with van der Waals surface area (Å²) in [7, 11) is 1.61. The van der Waals surface area contributed by atoms with Crippen LogP contribution in [0, 0.1) is 10.1 Å². The highest BCUT2D eigenvalue weighted by Gasteiger charge is 2.30. The minimum atomic E-state index is -0.418. The van der Waals surface area contributed by atoms with Crippen LogP contribution in [0.15, 0.2) is 65.4 Å². The molecule has 144 valence electrons. The molecule has 0 saturated carbocycles. The van der Waals surface area contributed by atoms with Crippen LogP contribution in [0.5, 0.6) is 5.75 Å². The van der Waals surface area contributed by atoms with Crippen molar-refractivity contribution in [3.8, 4) is 5.75 Å². The Hall–Kier alpha value is -3.48. The minimum absolute atomic E-state index is 0.0237. The highest BCUT2D eigenvalue weighted by Crippen LogP contribution is 2.36. The molecule has 0 radical (unpaired) electrons. The largest absolute Gasteiger partial charge is 0.497 e. The number of hydrogen-bond acceptors (Lipinski definition) is 6. The molecule has 0 saturated heterocycles. The zero-order valence-electron chi connectivity index (χ0n) is 16.0. The van der Waals surface area contributed by atoms with Crippen molar-refractivity contribution < 1.29 is 14.5 Å². The SMILES string of the molecule is COc1ccc(C2CC(c3cccc([N+](=O)[O-])c3)=NN2/C(C)=C/C(C)=O)cc1. The van der Waals surface area contributed by atoms with Gasteiger partial charge < -0.3 is 4.74 Å². The number of carbonyl (C=O) groups excluding carboxylic acids is 1. The van der Waals surface area contributed by atoms with Crippen molar-refractivity contribution in [2.24, 2.45) is 5.10 Å². The summed E-state index contributed by atoms with van der Waals surface area (Å²) in [6.45, 7) is 3.32. The number of carbonyl (C=O) groups is 1. The molecule has 1 aliphatic rings. The number of benzene rings is 2. The van der Waals surface area contributed by atoms with Crippen molar-refractivity contribution in [1.82, 2.24) is 5.01 Å². The summed E-state index contributed by atoms with van der Waals surface area (Å²) in [6, 6.07) is 14.0. The maximum Gasteiger partial charge on any atom is 0.270 e. The van der Waals surface area contributed by atoms with E-state index in [4.69, 9.17) is 4.74 Å². The van der Waals surface area contributed by atoms with E-state index in [9.17, 15) is 14.9 Å². The van der Waals surface area contributed by atoms with Crippen LogP contribution < -0.4 is 4.74 Å². The Kier molecular flexibility index (Phi) is 5.54. The lowest BCUT2D eigenvalue weighted by molar-refractivity contribution is -0.384. The molecule has 7 nitrogen and oxygen atoms in total. The third-order valence-electron chi connectivity index (χ3n) is 4.57. The number of non-ortho nitro benzene ring substituents is 1. The molecule has 3 rings (SSSR count). The Morgan fingerprint density at radius 1 is 1.25 bits per heavy atom. The minimum Gasteiger partial charge on any atom is -0.497 e. The molecular weight excluding hydrogens is 358 g/mol. The van der Waals surface area contributed by atoms with Gasteiger partial charge in [-0.1, -0.05) is 24.3 Å². The highest BCUT2D eigenvalue weighted by atomic mass is 16.6. The van der Waals surface area contributed by atoms with E-state index >= 15 is 0 Å². The molecule has 1 heterocycles. The zero-order chi connectivity index (χ0) is 20.3. The predicted molar refractivity (Wildman–Crippen MR) is 106 cm³/mol. The van der Waals surface area contributed by atoms with Gasteiger partial charge in [-0.2, -0.15) is 5.10 Å². The van der Waals surface area contributed by atoms with Crippen molar-refractivity contribution >= 4 is 17.2 Å². The maximum atomic E-state index is 11.6. The third kappa shape index (κ3) is 4.09. The van der Waals surface area contributed by atoms with Gasteiger partial charge in [0, 0.05) is 35.9 Å². The average molecular weight is 379 g/mol. The molecule has 0 aliphatic carbocycles. The molecule has 0 fully saturated rings. The summed E-state index contributed by atoms with van der Waals surface area (Å²) < 4.78 is 5.22. The van der Waals surface area contributed by atoms with Gasteiger partial charge in [-0.15, -0.1) is 0 Å². The lowest BCUT2D eigenvalue weighted by atomic mass is 9.98. The first-order valence-corrected chi connectivity index (χ1v) is 8.83. The Balaban J connectivity index is 2.00. The van der Waals surface area contributed by atoms with Crippen molar-refractivity contribution in [3.05, 3.63) is 81.5 Å². The summed E-state index contributed by atoms with van der Waals surface area (Å²) in [6.07, 6.45) is 2.10. The number of hydrogen-bond donors (Lipinski definition) is 0. The van der Waals surface area contributed by atoms with Crippen LogP contribution >= 0.6 is 0 Å². The van der Waals surface area contributed by atoms with Gasteiger partial charge in [0.1, 0.15) is 5.75 Å². The molecule has 0 amide bonds. The number of nitro benzene ring substituents is 1. The number of ether oxygens (including phenoxy) is 1. The zero-order valence-corrected chi connectivity index (χ0v) is 16.0. The quantitative estimate of drug-likeness (QED) is 0.426. The van der Waals surface area contributed by atoms with E-state index in [0.29, 0.717) is 17.7 Å². The molecule has 7 heteroatoms. The van der Waals surface area contributed by atoms with Crippen molar-refractivity contribution in [3.63, 3.8) is 0 Å². The normalized spacial score (nSPS) is 16.7. The number of nitrogens with zero attached hydrogens (tertiary/aromatic N) is 3. The molecule has 0 aromatic heterocycles. The number of ketones is 1. The third-order valence-corrected chi connectivity index (χ3v) is 4.57. The van der Waals surface area contributed by atoms with Gasteiger partial charge in [-0.05, 0) is 31.5 Å².